The fourth-order valence-electron chi connectivity index (χ4n) is 5.09. The lowest BCUT2D eigenvalue weighted by Crippen LogP contribution is -2.40. The Morgan fingerprint density at radius 3 is 2.47 bits per heavy atom. The van der Waals surface area contributed by atoms with Crippen molar-refractivity contribution in [3.8, 4) is 5.88 Å². The first-order valence-corrected chi connectivity index (χ1v) is 13.0. The Balaban J connectivity index is 1.32. The molecule has 1 saturated carbocycles. The minimum atomic E-state index is 0.0151. The van der Waals surface area contributed by atoms with Gasteiger partial charge < -0.3 is 9.64 Å². The number of pyridine rings is 1. The van der Waals surface area contributed by atoms with Gasteiger partial charge in [-0.25, -0.2) is 4.98 Å². The van der Waals surface area contributed by atoms with Crippen LogP contribution in [0.4, 0.5) is 5.95 Å². The highest BCUT2D eigenvalue weighted by Crippen LogP contribution is 2.53. The Hall–Kier alpha value is -2.60. The molecule has 0 bridgehead atoms. The second kappa shape index (κ2) is 9.57. The molecule has 1 saturated heterocycles. The highest BCUT2D eigenvalue weighted by Gasteiger charge is 2.50. The molecule has 0 spiro atoms. The summed E-state index contributed by atoms with van der Waals surface area (Å²) in [4.78, 5) is 6.87. The first-order valence-electron chi connectivity index (χ1n) is 12.4. The van der Waals surface area contributed by atoms with Crippen LogP contribution in [0, 0.1) is 12.8 Å². The average molecular weight is 480 g/mol. The Morgan fingerprint density at radius 2 is 1.85 bits per heavy atom. The molecule has 2 aromatic heterocycles. The highest BCUT2D eigenvalue weighted by atomic mass is 35.5. The zero-order valence-corrected chi connectivity index (χ0v) is 21.1. The SMILES string of the molecule is Cc1cc(CCl)cnc1OC1CCN(c2nnc(C3(c4ccccc4)CC3)n2CC(C)C)CC1. The number of anilines is 1. The Morgan fingerprint density at radius 1 is 1.12 bits per heavy atom. The van der Waals surface area contributed by atoms with E-state index in [1.807, 2.05) is 6.92 Å². The third-order valence-electron chi connectivity index (χ3n) is 7.03. The Labute approximate surface area is 207 Å². The van der Waals surface area contributed by atoms with E-state index < -0.39 is 0 Å². The fourth-order valence-corrected chi connectivity index (χ4v) is 5.23. The van der Waals surface area contributed by atoms with Gasteiger partial charge in [0.15, 0.2) is 0 Å². The number of aromatic nitrogens is 4. The molecule has 2 fully saturated rings. The number of hydrogen-bond acceptors (Lipinski definition) is 5. The molecule has 2 aliphatic rings. The molecular formula is C27H34ClN5O. The van der Waals surface area contributed by atoms with E-state index in [9.17, 15) is 0 Å². The van der Waals surface area contributed by atoms with Crippen LogP contribution < -0.4 is 9.64 Å². The van der Waals surface area contributed by atoms with Gasteiger partial charge >= 0.3 is 0 Å². The molecular weight excluding hydrogens is 446 g/mol. The van der Waals surface area contributed by atoms with Crippen LogP contribution in [-0.4, -0.2) is 38.9 Å². The molecule has 0 amide bonds. The molecule has 0 atom stereocenters. The summed E-state index contributed by atoms with van der Waals surface area (Å²) < 4.78 is 8.66. The largest absolute Gasteiger partial charge is 0.474 e. The minimum Gasteiger partial charge on any atom is -0.474 e. The number of benzene rings is 1. The van der Waals surface area contributed by atoms with Gasteiger partial charge in [-0.3, -0.25) is 4.57 Å². The summed E-state index contributed by atoms with van der Waals surface area (Å²) in [5.41, 5.74) is 3.43. The van der Waals surface area contributed by atoms with Crippen molar-refractivity contribution in [1.29, 1.82) is 0 Å². The van der Waals surface area contributed by atoms with Crippen LogP contribution in [0.15, 0.2) is 42.6 Å². The summed E-state index contributed by atoms with van der Waals surface area (Å²) >= 11 is 5.93. The second-order valence-electron chi connectivity index (χ2n) is 10.2. The Kier molecular flexibility index (Phi) is 6.52. The normalized spacial score (nSPS) is 17.9. The van der Waals surface area contributed by atoms with Crippen molar-refractivity contribution in [3.05, 3.63) is 65.1 Å². The van der Waals surface area contributed by atoms with E-state index in [-0.39, 0.29) is 11.5 Å². The van der Waals surface area contributed by atoms with E-state index in [2.05, 4.69) is 64.7 Å². The lowest BCUT2D eigenvalue weighted by Gasteiger charge is -2.33. The van der Waals surface area contributed by atoms with E-state index in [1.54, 1.807) is 6.20 Å². The fraction of sp³-hybridized carbons (Fsp3) is 0.519. The van der Waals surface area contributed by atoms with E-state index in [0.717, 1.165) is 74.1 Å². The van der Waals surface area contributed by atoms with Crippen molar-refractivity contribution in [2.24, 2.45) is 5.92 Å². The number of halogens is 1. The van der Waals surface area contributed by atoms with Crippen molar-refractivity contribution in [2.45, 2.75) is 70.4 Å². The summed E-state index contributed by atoms with van der Waals surface area (Å²) in [6.45, 7) is 9.29. The molecule has 34 heavy (non-hydrogen) atoms. The predicted octanol–water partition coefficient (Wildman–Crippen LogP) is 5.50. The number of nitrogens with zero attached hydrogens (tertiary/aromatic N) is 5. The number of aryl methyl sites for hydroxylation is 1. The van der Waals surface area contributed by atoms with Gasteiger partial charge in [0.2, 0.25) is 11.8 Å². The lowest BCUT2D eigenvalue weighted by atomic mass is 9.95. The quantitative estimate of drug-likeness (QED) is 0.399. The van der Waals surface area contributed by atoms with Gasteiger partial charge in [0, 0.05) is 50.1 Å². The van der Waals surface area contributed by atoms with Crippen molar-refractivity contribution in [3.63, 3.8) is 0 Å². The average Bonchev–Trinajstić information content (AvgIpc) is 3.56. The lowest BCUT2D eigenvalue weighted by molar-refractivity contribution is 0.162. The maximum Gasteiger partial charge on any atom is 0.227 e. The van der Waals surface area contributed by atoms with E-state index >= 15 is 0 Å². The monoisotopic (exact) mass is 479 g/mol. The second-order valence-corrected chi connectivity index (χ2v) is 10.4. The van der Waals surface area contributed by atoms with Crippen LogP contribution in [0.1, 0.15) is 62.0 Å². The number of alkyl halides is 1. The van der Waals surface area contributed by atoms with E-state index in [4.69, 9.17) is 26.5 Å². The highest BCUT2D eigenvalue weighted by molar-refractivity contribution is 6.17. The van der Waals surface area contributed by atoms with Gasteiger partial charge in [-0.05, 0) is 42.9 Å². The molecule has 1 aromatic carbocycles. The zero-order chi connectivity index (χ0) is 23.7. The summed E-state index contributed by atoms with van der Waals surface area (Å²) in [6, 6.07) is 12.9. The number of ether oxygens (including phenoxy) is 1. The molecule has 3 heterocycles. The maximum absolute atomic E-state index is 6.27. The molecule has 0 unspecified atom stereocenters. The molecule has 180 valence electrons. The van der Waals surface area contributed by atoms with E-state index in [1.165, 1.54) is 5.56 Å². The predicted molar refractivity (Wildman–Crippen MR) is 136 cm³/mol. The first-order chi connectivity index (χ1) is 16.5. The van der Waals surface area contributed by atoms with Crippen molar-refractivity contribution in [1.82, 2.24) is 19.7 Å². The van der Waals surface area contributed by atoms with Gasteiger partial charge in [-0.1, -0.05) is 44.2 Å². The molecule has 7 heteroatoms. The minimum absolute atomic E-state index is 0.0151. The molecule has 3 aromatic rings. The standard InChI is InChI=1S/C27H34ClN5O/c1-19(2)18-33-25(27(11-12-27)22-7-5-4-6-8-22)30-31-26(33)32-13-9-23(10-14-32)34-24-20(3)15-21(16-28)17-29-24/h4-8,15,17,19,23H,9-14,16,18H2,1-3H3. The van der Waals surface area contributed by atoms with Crippen molar-refractivity contribution < 1.29 is 4.74 Å². The summed E-state index contributed by atoms with van der Waals surface area (Å²) in [5.74, 6) is 3.84. The van der Waals surface area contributed by atoms with Crippen LogP contribution >= 0.6 is 11.6 Å². The third kappa shape index (κ3) is 4.52. The summed E-state index contributed by atoms with van der Waals surface area (Å²) in [7, 11) is 0. The Bertz CT molecular complexity index is 1120. The zero-order valence-electron chi connectivity index (χ0n) is 20.4. The van der Waals surface area contributed by atoms with Crippen LogP contribution in [0.3, 0.4) is 0 Å². The smallest absolute Gasteiger partial charge is 0.227 e. The molecule has 5 rings (SSSR count). The summed E-state index contributed by atoms with van der Waals surface area (Å²) in [5, 5.41) is 9.53. The molecule has 6 nitrogen and oxygen atoms in total. The topological polar surface area (TPSA) is 56.1 Å². The van der Waals surface area contributed by atoms with Gasteiger partial charge in [0.25, 0.3) is 0 Å². The summed E-state index contributed by atoms with van der Waals surface area (Å²) in [6.07, 6.45) is 6.11. The number of piperidine rings is 1. The van der Waals surface area contributed by atoms with Gasteiger partial charge in [-0.2, -0.15) is 0 Å². The van der Waals surface area contributed by atoms with Crippen LogP contribution in [-0.2, 0) is 17.8 Å². The van der Waals surface area contributed by atoms with Crippen molar-refractivity contribution >= 4 is 17.5 Å². The number of rotatable bonds is 8. The first kappa shape index (κ1) is 23.2. The van der Waals surface area contributed by atoms with Crippen LogP contribution in [0.2, 0.25) is 0 Å². The molecule has 0 radical (unpaired) electrons. The van der Waals surface area contributed by atoms with Gasteiger partial charge in [0.05, 0.1) is 5.41 Å². The van der Waals surface area contributed by atoms with Crippen LogP contribution in [0.5, 0.6) is 5.88 Å². The number of hydrogen-bond donors (Lipinski definition) is 0. The molecule has 0 N–H and O–H groups in total. The van der Waals surface area contributed by atoms with E-state index in [0.29, 0.717) is 11.8 Å². The van der Waals surface area contributed by atoms with Gasteiger partial charge in [0.1, 0.15) is 11.9 Å². The molecule has 1 aliphatic carbocycles. The van der Waals surface area contributed by atoms with Gasteiger partial charge in [-0.15, -0.1) is 21.8 Å². The molecule has 1 aliphatic heterocycles. The maximum atomic E-state index is 6.27. The van der Waals surface area contributed by atoms with Crippen molar-refractivity contribution in [2.75, 3.05) is 18.0 Å². The third-order valence-corrected chi connectivity index (χ3v) is 7.34. The van der Waals surface area contributed by atoms with Crippen LogP contribution in [0.25, 0.3) is 0 Å².